The summed E-state index contributed by atoms with van der Waals surface area (Å²) in [4.78, 5) is 8.09. The summed E-state index contributed by atoms with van der Waals surface area (Å²) in [5, 5.41) is 15.3. The molecule has 0 spiro atoms. The van der Waals surface area contributed by atoms with Gasteiger partial charge in [-0.05, 0) is 20.8 Å². The standard InChI is InChI=1S/C10H19N5O/c1-4-12-7-5-8(14-9(11)13-7)15-10(2,3)6-16/h5,16H,4,6H2,1-3H3,(H4,11,12,13,14,15). The van der Waals surface area contributed by atoms with E-state index in [9.17, 15) is 0 Å². The van der Waals surface area contributed by atoms with Gasteiger partial charge < -0.3 is 21.5 Å². The summed E-state index contributed by atoms with van der Waals surface area (Å²) < 4.78 is 0. The number of hydrogen-bond donors (Lipinski definition) is 4. The molecule has 0 aliphatic carbocycles. The Morgan fingerprint density at radius 3 is 2.56 bits per heavy atom. The fourth-order valence-electron chi connectivity index (χ4n) is 1.19. The molecule has 0 amide bonds. The van der Waals surface area contributed by atoms with E-state index in [2.05, 4.69) is 20.6 Å². The van der Waals surface area contributed by atoms with Crippen molar-refractivity contribution < 1.29 is 5.11 Å². The van der Waals surface area contributed by atoms with Gasteiger partial charge in [0.25, 0.3) is 0 Å². The first-order chi connectivity index (χ1) is 7.46. The molecule has 6 heteroatoms. The van der Waals surface area contributed by atoms with E-state index >= 15 is 0 Å². The molecule has 1 heterocycles. The summed E-state index contributed by atoms with van der Waals surface area (Å²) in [5.74, 6) is 1.48. The first-order valence-corrected chi connectivity index (χ1v) is 5.24. The van der Waals surface area contributed by atoms with E-state index in [1.165, 1.54) is 0 Å². The van der Waals surface area contributed by atoms with Gasteiger partial charge in [0.05, 0.1) is 12.1 Å². The molecule has 0 saturated heterocycles. The van der Waals surface area contributed by atoms with Gasteiger partial charge in [0.15, 0.2) is 0 Å². The summed E-state index contributed by atoms with van der Waals surface area (Å²) >= 11 is 0. The van der Waals surface area contributed by atoms with Crippen LogP contribution in [0, 0.1) is 0 Å². The van der Waals surface area contributed by atoms with Crippen molar-refractivity contribution in [2.24, 2.45) is 0 Å². The van der Waals surface area contributed by atoms with Crippen LogP contribution in [-0.4, -0.2) is 33.8 Å². The molecule has 6 nitrogen and oxygen atoms in total. The highest BCUT2D eigenvalue weighted by Gasteiger charge is 2.17. The van der Waals surface area contributed by atoms with Gasteiger partial charge in [-0.3, -0.25) is 0 Å². The maximum absolute atomic E-state index is 9.14. The van der Waals surface area contributed by atoms with Gasteiger partial charge in [-0.2, -0.15) is 9.97 Å². The summed E-state index contributed by atoms with van der Waals surface area (Å²) in [6, 6.07) is 1.76. The van der Waals surface area contributed by atoms with Crippen LogP contribution in [0.3, 0.4) is 0 Å². The van der Waals surface area contributed by atoms with Crippen LogP contribution < -0.4 is 16.4 Å². The second-order valence-electron chi connectivity index (χ2n) is 4.19. The average Bonchev–Trinajstić information content (AvgIpc) is 2.16. The molecule has 0 aliphatic rings. The molecule has 0 radical (unpaired) electrons. The molecule has 0 aliphatic heterocycles. The fourth-order valence-corrected chi connectivity index (χ4v) is 1.19. The third-order valence-corrected chi connectivity index (χ3v) is 1.96. The number of nitrogens with one attached hydrogen (secondary N) is 2. The number of aliphatic hydroxyl groups is 1. The van der Waals surface area contributed by atoms with Crippen LogP contribution in [0.1, 0.15) is 20.8 Å². The lowest BCUT2D eigenvalue weighted by Crippen LogP contribution is -2.35. The van der Waals surface area contributed by atoms with Gasteiger partial charge in [0.2, 0.25) is 5.95 Å². The molecule has 0 fully saturated rings. The number of rotatable bonds is 5. The highest BCUT2D eigenvalue weighted by atomic mass is 16.3. The van der Waals surface area contributed by atoms with Crippen LogP contribution in [0.4, 0.5) is 17.6 Å². The number of nitrogens with two attached hydrogens (primary N) is 1. The Balaban J connectivity index is 2.87. The molecule has 1 aromatic heterocycles. The van der Waals surface area contributed by atoms with Gasteiger partial charge in [0.1, 0.15) is 11.6 Å². The lowest BCUT2D eigenvalue weighted by atomic mass is 10.1. The fraction of sp³-hybridized carbons (Fsp3) is 0.600. The molecule has 0 bridgehead atoms. The Hall–Kier alpha value is -1.56. The molecule has 90 valence electrons. The Morgan fingerprint density at radius 2 is 2.00 bits per heavy atom. The lowest BCUT2D eigenvalue weighted by molar-refractivity contribution is 0.234. The number of hydrogen-bond acceptors (Lipinski definition) is 6. The van der Waals surface area contributed by atoms with Crippen molar-refractivity contribution in [2.45, 2.75) is 26.3 Å². The summed E-state index contributed by atoms with van der Waals surface area (Å²) in [7, 11) is 0. The first kappa shape index (κ1) is 12.5. The largest absolute Gasteiger partial charge is 0.394 e. The Bertz CT molecular complexity index is 353. The normalized spacial score (nSPS) is 11.2. The molecule has 0 atom stereocenters. The smallest absolute Gasteiger partial charge is 0.223 e. The summed E-state index contributed by atoms with van der Waals surface area (Å²) in [5.41, 5.74) is 5.15. The number of nitrogen functional groups attached to an aromatic ring is 1. The minimum atomic E-state index is -0.440. The van der Waals surface area contributed by atoms with E-state index in [4.69, 9.17) is 10.8 Å². The summed E-state index contributed by atoms with van der Waals surface area (Å²) in [6.45, 7) is 6.49. The number of aliphatic hydroxyl groups excluding tert-OH is 1. The van der Waals surface area contributed by atoms with Crippen LogP contribution in [-0.2, 0) is 0 Å². The van der Waals surface area contributed by atoms with Crippen molar-refractivity contribution in [1.29, 1.82) is 0 Å². The van der Waals surface area contributed by atoms with Gasteiger partial charge in [-0.15, -0.1) is 0 Å². The second kappa shape index (κ2) is 4.98. The van der Waals surface area contributed by atoms with Crippen molar-refractivity contribution in [2.75, 3.05) is 29.5 Å². The molecule has 1 aromatic rings. The van der Waals surface area contributed by atoms with Gasteiger partial charge in [0, 0.05) is 12.6 Å². The Kier molecular flexibility index (Phi) is 3.89. The monoisotopic (exact) mass is 225 g/mol. The number of aromatic nitrogens is 2. The minimum absolute atomic E-state index is 0.00739. The lowest BCUT2D eigenvalue weighted by Gasteiger charge is -2.24. The molecular weight excluding hydrogens is 206 g/mol. The molecule has 0 unspecified atom stereocenters. The van der Waals surface area contributed by atoms with E-state index in [0.29, 0.717) is 11.6 Å². The van der Waals surface area contributed by atoms with E-state index in [1.54, 1.807) is 6.07 Å². The van der Waals surface area contributed by atoms with Crippen molar-refractivity contribution in [1.82, 2.24) is 9.97 Å². The molecule has 0 aromatic carbocycles. The van der Waals surface area contributed by atoms with E-state index in [0.717, 1.165) is 6.54 Å². The van der Waals surface area contributed by atoms with Crippen molar-refractivity contribution in [3.8, 4) is 0 Å². The van der Waals surface area contributed by atoms with Crippen LogP contribution in [0.5, 0.6) is 0 Å². The van der Waals surface area contributed by atoms with Crippen molar-refractivity contribution in [3.63, 3.8) is 0 Å². The zero-order valence-electron chi connectivity index (χ0n) is 9.91. The van der Waals surface area contributed by atoms with E-state index in [1.807, 2.05) is 20.8 Å². The van der Waals surface area contributed by atoms with Crippen LogP contribution in [0.2, 0.25) is 0 Å². The number of anilines is 3. The number of nitrogens with zero attached hydrogens (tertiary/aromatic N) is 2. The molecular formula is C10H19N5O. The molecule has 16 heavy (non-hydrogen) atoms. The van der Waals surface area contributed by atoms with Gasteiger partial charge in [-0.25, -0.2) is 0 Å². The zero-order chi connectivity index (χ0) is 12.2. The summed E-state index contributed by atoms with van der Waals surface area (Å²) in [6.07, 6.45) is 0. The Labute approximate surface area is 95.3 Å². The molecule has 5 N–H and O–H groups in total. The topological polar surface area (TPSA) is 96.1 Å². The third-order valence-electron chi connectivity index (χ3n) is 1.96. The SMILES string of the molecule is CCNc1cc(NC(C)(C)CO)nc(N)n1. The van der Waals surface area contributed by atoms with Crippen molar-refractivity contribution >= 4 is 17.6 Å². The van der Waals surface area contributed by atoms with Crippen LogP contribution in [0.15, 0.2) is 6.07 Å². The maximum atomic E-state index is 9.14. The third kappa shape index (κ3) is 3.54. The molecule has 0 saturated carbocycles. The Morgan fingerprint density at radius 1 is 1.38 bits per heavy atom. The van der Waals surface area contributed by atoms with E-state index < -0.39 is 5.54 Å². The predicted molar refractivity (Wildman–Crippen MR) is 65.4 cm³/mol. The highest BCUT2D eigenvalue weighted by molar-refractivity contribution is 5.51. The second-order valence-corrected chi connectivity index (χ2v) is 4.19. The molecule has 1 rings (SSSR count). The highest BCUT2D eigenvalue weighted by Crippen LogP contribution is 2.16. The zero-order valence-corrected chi connectivity index (χ0v) is 9.91. The predicted octanol–water partition coefficient (Wildman–Crippen LogP) is 0.673. The van der Waals surface area contributed by atoms with Crippen LogP contribution >= 0.6 is 0 Å². The maximum Gasteiger partial charge on any atom is 0.223 e. The van der Waals surface area contributed by atoms with Gasteiger partial charge >= 0.3 is 0 Å². The quantitative estimate of drug-likeness (QED) is 0.588. The van der Waals surface area contributed by atoms with Crippen LogP contribution in [0.25, 0.3) is 0 Å². The minimum Gasteiger partial charge on any atom is -0.394 e. The van der Waals surface area contributed by atoms with Crippen molar-refractivity contribution in [3.05, 3.63) is 6.07 Å². The first-order valence-electron chi connectivity index (χ1n) is 5.24. The average molecular weight is 225 g/mol. The van der Waals surface area contributed by atoms with Gasteiger partial charge in [-0.1, -0.05) is 0 Å². The van der Waals surface area contributed by atoms with E-state index in [-0.39, 0.29) is 12.6 Å².